The van der Waals surface area contributed by atoms with Crippen LogP contribution in [-0.4, -0.2) is 39.2 Å². The smallest absolute Gasteiger partial charge is 0.139 e. The minimum Gasteiger partial charge on any atom is -0.456 e. The zero-order valence-electron chi connectivity index (χ0n) is 41.4. The van der Waals surface area contributed by atoms with Gasteiger partial charge in [0.05, 0.1) is 0 Å². The van der Waals surface area contributed by atoms with Gasteiger partial charge in [-0.1, -0.05) is 115 Å². The van der Waals surface area contributed by atoms with Crippen molar-refractivity contribution in [1.82, 2.24) is 0 Å². The van der Waals surface area contributed by atoms with Crippen molar-refractivity contribution in [3.05, 3.63) is 168 Å². The molecule has 0 aliphatic heterocycles. The Balaban J connectivity index is 0.871. The van der Waals surface area contributed by atoms with Crippen molar-refractivity contribution in [2.45, 2.75) is 75.0 Å². The zero-order chi connectivity index (χ0) is 46.8. The molecule has 1 heterocycles. The van der Waals surface area contributed by atoms with E-state index in [0.29, 0.717) is 5.41 Å². The summed E-state index contributed by atoms with van der Waals surface area (Å²) in [7, 11) is 11.4. The lowest BCUT2D eigenvalue weighted by Gasteiger charge is -2.44. The molecule has 334 valence electrons. The normalized spacial score (nSPS) is 22.8. The van der Waals surface area contributed by atoms with Gasteiger partial charge in [-0.3, -0.25) is 0 Å². The maximum absolute atomic E-state index is 6.71. The first-order valence-electron chi connectivity index (χ1n) is 26.6. The molecular formula is C63H56B5NO. The lowest BCUT2D eigenvalue weighted by molar-refractivity contribution is 0.199. The molecule has 15 rings (SSSR count). The molecule has 6 aliphatic carbocycles. The van der Waals surface area contributed by atoms with E-state index in [1.807, 2.05) is 0 Å². The topological polar surface area (TPSA) is 16.4 Å². The van der Waals surface area contributed by atoms with E-state index < -0.39 is 0 Å². The van der Waals surface area contributed by atoms with Gasteiger partial charge >= 0.3 is 0 Å². The summed E-state index contributed by atoms with van der Waals surface area (Å²) in [4.78, 5) is 2.51. The molecule has 1 aromatic heterocycles. The third-order valence-corrected chi connectivity index (χ3v) is 20.2. The van der Waals surface area contributed by atoms with Crippen LogP contribution in [0.15, 0.2) is 150 Å². The van der Waals surface area contributed by atoms with E-state index in [0.717, 1.165) is 39.8 Å². The van der Waals surface area contributed by atoms with Gasteiger partial charge in [-0.05, 0) is 190 Å². The fourth-order valence-corrected chi connectivity index (χ4v) is 16.2. The summed E-state index contributed by atoms with van der Waals surface area (Å²) in [5.41, 5.74) is 30.3. The first-order chi connectivity index (χ1) is 34.2. The SMILES string of the molecule is Bc1c(B)c(B)c(-c2ccc(N(c3ccc4c(c3)C3(CCCCC3)c3ccccc3-4)c3ccc4oc5ccc(-c6ccc7c(c6)[C@@]6(CCC89C[C@@H]8C[C@@H]6C9)c6ccccc6-7)cc5c4c3)cc2)c(B)c1B. The molecule has 6 aliphatic rings. The van der Waals surface area contributed by atoms with Crippen molar-refractivity contribution < 1.29 is 4.42 Å². The van der Waals surface area contributed by atoms with Gasteiger partial charge in [-0.2, -0.15) is 0 Å². The fraction of sp³-hybridized carbons (Fsp3) is 0.238. The third-order valence-electron chi connectivity index (χ3n) is 20.2. The number of benzene rings is 8. The van der Waals surface area contributed by atoms with Crippen LogP contribution in [0.1, 0.15) is 86.5 Å². The van der Waals surface area contributed by atoms with Crippen molar-refractivity contribution in [3.63, 3.8) is 0 Å². The quantitative estimate of drug-likeness (QED) is 0.162. The van der Waals surface area contributed by atoms with Crippen LogP contribution in [0.2, 0.25) is 0 Å². The second kappa shape index (κ2) is 14.6. The van der Waals surface area contributed by atoms with Gasteiger partial charge in [0, 0.05) is 38.7 Å². The summed E-state index contributed by atoms with van der Waals surface area (Å²) in [5.74, 6) is 1.70. The van der Waals surface area contributed by atoms with Crippen LogP contribution < -0.4 is 32.2 Å². The molecule has 9 aromatic rings. The molecule has 0 amide bonds. The summed E-state index contributed by atoms with van der Waals surface area (Å²) < 4.78 is 6.71. The van der Waals surface area contributed by atoms with Gasteiger partial charge in [0.2, 0.25) is 0 Å². The first kappa shape index (κ1) is 41.5. The predicted octanol–water partition coefficient (Wildman–Crippen LogP) is 8.39. The van der Waals surface area contributed by atoms with Crippen LogP contribution >= 0.6 is 0 Å². The van der Waals surface area contributed by atoms with Gasteiger partial charge in [-0.25, -0.2) is 0 Å². The Bertz CT molecular complexity index is 3710. The highest BCUT2D eigenvalue weighted by Crippen LogP contribution is 2.77. The second-order valence-electron chi connectivity index (χ2n) is 23.0. The number of nitrogens with zero attached hydrogens (tertiary/aromatic N) is 1. The van der Waals surface area contributed by atoms with Gasteiger partial charge < -0.3 is 9.32 Å². The van der Waals surface area contributed by atoms with Crippen LogP contribution in [0.3, 0.4) is 0 Å². The highest BCUT2D eigenvalue weighted by atomic mass is 16.3. The summed E-state index contributed by atoms with van der Waals surface area (Å²) >= 11 is 0. The van der Waals surface area contributed by atoms with E-state index in [-0.39, 0.29) is 10.8 Å². The van der Waals surface area contributed by atoms with Crippen LogP contribution in [0, 0.1) is 17.3 Å². The Morgan fingerprint density at radius 3 is 1.77 bits per heavy atom. The number of fused-ring (bicyclic) bond motifs is 15. The van der Waals surface area contributed by atoms with Gasteiger partial charge in [0.25, 0.3) is 0 Å². The highest BCUT2D eigenvalue weighted by Gasteiger charge is 2.68. The average Bonchev–Trinajstić information content (AvgIpc) is 3.62. The molecule has 4 fully saturated rings. The largest absolute Gasteiger partial charge is 0.456 e. The molecular weight excluding hydrogens is 841 g/mol. The standard InChI is InChI=1S/C63H56B5NO/c64-56-55(57(65)59(67)60(68)58(56)66)35-12-16-40(17-13-35)69(42-18-21-45-43-8-2-4-10-49(43)62(51(45)32-42)24-6-1-7-25-62)41-19-23-54-48(31-41)47-28-36(15-22-53(47)70-54)37-14-20-46-44-9-3-5-11-50(44)63(52(46)29-37)27-26-61-33-38(61)30-39(63)34-61/h2-5,8-23,28-29,31-32,38-39H,1,6-7,24-27,30,33-34,64-68H2/t38-,39+,61?,63+/m0/s1. The molecule has 3 spiro atoms. The number of hydrogen-bond donors (Lipinski definition) is 0. The Kier molecular flexibility index (Phi) is 8.67. The van der Waals surface area contributed by atoms with Crippen molar-refractivity contribution in [2.24, 2.45) is 17.3 Å². The maximum Gasteiger partial charge on any atom is 0.139 e. The number of anilines is 3. The summed E-state index contributed by atoms with van der Waals surface area (Å²) in [6.07, 6.45) is 13.2. The fourth-order valence-electron chi connectivity index (χ4n) is 16.2. The van der Waals surface area contributed by atoms with Gasteiger partial charge in [0.1, 0.15) is 50.4 Å². The minimum absolute atomic E-state index is 0.0592. The molecule has 0 radical (unpaired) electrons. The van der Waals surface area contributed by atoms with E-state index in [4.69, 9.17) is 4.42 Å². The van der Waals surface area contributed by atoms with Crippen LogP contribution in [0.25, 0.3) is 66.4 Å². The average molecular weight is 897 g/mol. The van der Waals surface area contributed by atoms with E-state index in [9.17, 15) is 0 Å². The maximum atomic E-state index is 6.71. The molecule has 4 saturated carbocycles. The number of rotatable bonds is 5. The Hall–Kier alpha value is -6.32. The van der Waals surface area contributed by atoms with Crippen molar-refractivity contribution in [1.29, 1.82) is 0 Å². The monoisotopic (exact) mass is 897 g/mol. The molecule has 4 atom stereocenters. The van der Waals surface area contributed by atoms with Gasteiger partial charge in [-0.15, -0.1) is 16.4 Å². The van der Waals surface area contributed by atoms with E-state index in [1.165, 1.54) is 158 Å². The molecule has 8 aromatic carbocycles. The zero-order valence-corrected chi connectivity index (χ0v) is 41.4. The molecule has 2 bridgehead atoms. The predicted molar refractivity (Wildman–Crippen MR) is 308 cm³/mol. The summed E-state index contributed by atoms with van der Waals surface area (Å²) in [6.45, 7) is 0. The van der Waals surface area contributed by atoms with E-state index in [2.05, 4.69) is 190 Å². The molecule has 7 heteroatoms. The molecule has 2 nitrogen and oxygen atoms in total. The number of hydrogen-bond acceptors (Lipinski definition) is 2. The Morgan fingerprint density at radius 1 is 0.429 bits per heavy atom. The second-order valence-corrected chi connectivity index (χ2v) is 23.0. The lowest BCUT2D eigenvalue weighted by Crippen LogP contribution is -2.55. The molecule has 70 heavy (non-hydrogen) atoms. The van der Waals surface area contributed by atoms with Crippen LogP contribution in [-0.2, 0) is 10.8 Å². The summed E-state index contributed by atoms with van der Waals surface area (Å²) in [6, 6.07) is 56.7. The molecule has 0 saturated heterocycles. The Labute approximate surface area is 417 Å². The van der Waals surface area contributed by atoms with Gasteiger partial charge in [0.15, 0.2) is 0 Å². The van der Waals surface area contributed by atoms with E-state index >= 15 is 0 Å². The van der Waals surface area contributed by atoms with Crippen molar-refractivity contribution in [3.8, 4) is 44.5 Å². The van der Waals surface area contributed by atoms with Crippen molar-refractivity contribution in [2.75, 3.05) is 4.90 Å². The Morgan fingerprint density at radius 2 is 0.986 bits per heavy atom. The minimum atomic E-state index is 0.0592. The number of furan rings is 1. The van der Waals surface area contributed by atoms with Crippen LogP contribution in [0.4, 0.5) is 17.1 Å². The first-order valence-corrected chi connectivity index (χ1v) is 26.6. The van der Waals surface area contributed by atoms with E-state index in [1.54, 1.807) is 11.1 Å². The third kappa shape index (κ3) is 5.53. The lowest BCUT2D eigenvalue weighted by atomic mass is 9.59. The molecule has 1 unspecified atom stereocenters. The highest BCUT2D eigenvalue weighted by molar-refractivity contribution is 6.68. The van der Waals surface area contributed by atoms with Crippen LogP contribution in [0.5, 0.6) is 0 Å². The van der Waals surface area contributed by atoms with Crippen molar-refractivity contribution >= 4 is 106 Å². The molecule has 0 N–H and O–H groups in total. The summed E-state index contributed by atoms with van der Waals surface area (Å²) in [5, 5.41) is 2.32.